The first-order chi connectivity index (χ1) is 6.83. The van der Waals surface area contributed by atoms with Gasteiger partial charge in [-0.05, 0) is 18.6 Å². The predicted molar refractivity (Wildman–Crippen MR) is 52.7 cm³/mol. The van der Waals surface area contributed by atoms with Gasteiger partial charge in [-0.1, -0.05) is 15.9 Å². The minimum Gasteiger partial charge on any atom is -0.402 e. The highest BCUT2D eigenvalue weighted by Crippen LogP contribution is 2.31. The van der Waals surface area contributed by atoms with Gasteiger partial charge in [0.25, 0.3) is 0 Å². The van der Waals surface area contributed by atoms with Crippen LogP contribution in [0.5, 0.6) is 5.75 Å². The number of hydrogen-bond donors (Lipinski definition) is 1. The fourth-order valence-electron chi connectivity index (χ4n) is 1.07. The molecule has 1 aromatic rings. The second-order valence-corrected chi connectivity index (χ2v) is 3.39. The highest BCUT2D eigenvalue weighted by Gasteiger charge is 2.33. The molecule has 7 heteroatoms. The van der Waals surface area contributed by atoms with E-state index in [1.54, 1.807) is 0 Å². The van der Waals surface area contributed by atoms with Gasteiger partial charge < -0.3 is 10.5 Å². The maximum atomic E-state index is 12.0. The van der Waals surface area contributed by atoms with E-state index in [2.05, 4.69) is 25.7 Å². The van der Waals surface area contributed by atoms with Crippen LogP contribution in [-0.4, -0.2) is 11.3 Å². The van der Waals surface area contributed by atoms with E-state index in [0.717, 1.165) is 0 Å². The number of pyridine rings is 1. The van der Waals surface area contributed by atoms with Crippen molar-refractivity contribution >= 4 is 21.7 Å². The molecule has 1 heterocycles. The Morgan fingerprint density at radius 1 is 1.53 bits per heavy atom. The minimum absolute atomic E-state index is 0.262. The molecule has 0 aliphatic heterocycles. The molecule has 3 nitrogen and oxygen atoms in total. The SMILES string of the molecule is Cc1cc(CBr)nc(N)c1OC(F)(F)F. The summed E-state index contributed by atoms with van der Waals surface area (Å²) in [4.78, 5) is 3.74. The summed E-state index contributed by atoms with van der Waals surface area (Å²) in [6.45, 7) is 1.48. The van der Waals surface area contributed by atoms with Crippen molar-refractivity contribution in [2.24, 2.45) is 0 Å². The lowest BCUT2D eigenvalue weighted by Gasteiger charge is -2.13. The van der Waals surface area contributed by atoms with Gasteiger partial charge in [0.2, 0.25) is 0 Å². The van der Waals surface area contributed by atoms with Crippen LogP contribution in [0.3, 0.4) is 0 Å². The molecule has 0 aromatic carbocycles. The van der Waals surface area contributed by atoms with E-state index in [1.165, 1.54) is 13.0 Å². The van der Waals surface area contributed by atoms with Gasteiger partial charge >= 0.3 is 6.36 Å². The average Bonchev–Trinajstić information content (AvgIpc) is 2.09. The highest BCUT2D eigenvalue weighted by atomic mass is 79.9. The number of nitrogen functional groups attached to an aromatic ring is 1. The van der Waals surface area contributed by atoms with Gasteiger partial charge in [0.05, 0.1) is 5.69 Å². The van der Waals surface area contributed by atoms with Crippen molar-refractivity contribution in [3.8, 4) is 5.75 Å². The molecule has 15 heavy (non-hydrogen) atoms. The van der Waals surface area contributed by atoms with Gasteiger partial charge in [-0.15, -0.1) is 13.2 Å². The summed E-state index contributed by atoms with van der Waals surface area (Å²) in [6.07, 6.45) is -4.75. The third-order valence-corrected chi connectivity index (χ3v) is 2.17. The fraction of sp³-hybridized carbons (Fsp3) is 0.375. The fourth-order valence-corrected chi connectivity index (χ4v) is 1.36. The smallest absolute Gasteiger partial charge is 0.402 e. The van der Waals surface area contributed by atoms with Crippen LogP contribution in [0, 0.1) is 6.92 Å². The molecule has 1 rings (SSSR count). The molecule has 0 radical (unpaired) electrons. The summed E-state index contributed by atoms with van der Waals surface area (Å²) in [6, 6.07) is 1.48. The first kappa shape index (κ1) is 12.1. The highest BCUT2D eigenvalue weighted by molar-refractivity contribution is 9.08. The molecule has 0 aliphatic rings. The van der Waals surface area contributed by atoms with E-state index in [9.17, 15) is 13.2 Å². The quantitative estimate of drug-likeness (QED) is 0.850. The number of hydrogen-bond acceptors (Lipinski definition) is 3. The molecular weight excluding hydrogens is 277 g/mol. The molecule has 0 saturated carbocycles. The summed E-state index contributed by atoms with van der Waals surface area (Å²) >= 11 is 3.13. The first-order valence-electron chi connectivity index (χ1n) is 3.91. The number of alkyl halides is 4. The van der Waals surface area contributed by atoms with Crippen LogP contribution >= 0.6 is 15.9 Å². The number of ether oxygens (including phenoxy) is 1. The summed E-state index contributed by atoms with van der Waals surface area (Å²) < 4.78 is 39.7. The van der Waals surface area contributed by atoms with E-state index < -0.39 is 12.1 Å². The van der Waals surface area contributed by atoms with Gasteiger partial charge in [0.1, 0.15) is 0 Å². The Morgan fingerprint density at radius 2 is 2.13 bits per heavy atom. The Morgan fingerprint density at radius 3 is 2.53 bits per heavy atom. The van der Waals surface area contributed by atoms with Crippen LogP contribution in [0.4, 0.5) is 19.0 Å². The Kier molecular flexibility index (Phi) is 3.43. The summed E-state index contributed by atoms with van der Waals surface area (Å²) in [5.74, 6) is -0.700. The molecule has 0 spiro atoms. The topological polar surface area (TPSA) is 48.1 Å². The molecule has 0 bridgehead atoms. The maximum absolute atomic E-state index is 12.0. The molecular formula is C8H8BrF3N2O. The number of aryl methyl sites for hydroxylation is 1. The number of halogens is 4. The lowest BCUT2D eigenvalue weighted by Crippen LogP contribution is -2.19. The molecule has 2 N–H and O–H groups in total. The monoisotopic (exact) mass is 284 g/mol. The Bertz CT molecular complexity index is 344. The van der Waals surface area contributed by atoms with Crippen LogP contribution in [0.1, 0.15) is 11.3 Å². The maximum Gasteiger partial charge on any atom is 0.573 e. The van der Waals surface area contributed by atoms with Crippen LogP contribution in [-0.2, 0) is 5.33 Å². The van der Waals surface area contributed by atoms with Crippen molar-refractivity contribution in [2.75, 3.05) is 5.73 Å². The normalized spacial score (nSPS) is 11.5. The molecule has 0 unspecified atom stereocenters. The van der Waals surface area contributed by atoms with Crippen LogP contribution in [0.15, 0.2) is 6.07 Å². The largest absolute Gasteiger partial charge is 0.573 e. The number of nitrogens with two attached hydrogens (primary N) is 1. The third kappa shape index (κ3) is 3.26. The van der Waals surface area contributed by atoms with Crippen LogP contribution in [0.2, 0.25) is 0 Å². The van der Waals surface area contributed by atoms with Crippen molar-refractivity contribution in [3.05, 3.63) is 17.3 Å². The predicted octanol–water partition coefficient (Wildman–Crippen LogP) is 2.77. The Balaban J connectivity index is 3.09. The number of nitrogens with zero attached hydrogens (tertiary/aromatic N) is 1. The van der Waals surface area contributed by atoms with Gasteiger partial charge in [0.15, 0.2) is 11.6 Å². The Hall–Kier alpha value is -0.980. The first-order valence-corrected chi connectivity index (χ1v) is 5.03. The zero-order valence-electron chi connectivity index (χ0n) is 7.73. The van der Waals surface area contributed by atoms with E-state index in [0.29, 0.717) is 16.6 Å². The third-order valence-electron chi connectivity index (χ3n) is 1.59. The van der Waals surface area contributed by atoms with Gasteiger partial charge in [-0.2, -0.15) is 0 Å². The molecule has 0 amide bonds. The lowest BCUT2D eigenvalue weighted by molar-refractivity contribution is -0.274. The average molecular weight is 285 g/mol. The summed E-state index contributed by atoms with van der Waals surface area (Å²) in [5, 5.41) is 0.421. The number of rotatable bonds is 2. The standard InChI is InChI=1S/C8H8BrF3N2O/c1-4-2-5(3-9)14-7(13)6(4)15-8(10,11)12/h2H,3H2,1H3,(H2,13,14). The molecule has 0 atom stereocenters. The van der Waals surface area contributed by atoms with Crippen LogP contribution in [0.25, 0.3) is 0 Å². The van der Waals surface area contributed by atoms with Crippen molar-refractivity contribution < 1.29 is 17.9 Å². The van der Waals surface area contributed by atoms with Crippen molar-refractivity contribution in [1.82, 2.24) is 4.98 Å². The zero-order chi connectivity index (χ0) is 11.6. The van der Waals surface area contributed by atoms with E-state index in [4.69, 9.17) is 5.73 Å². The van der Waals surface area contributed by atoms with Crippen molar-refractivity contribution in [3.63, 3.8) is 0 Å². The van der Waals surface area contributed by atoms with Gasteiger partial charge in [-0.25, -0.2) is 4.98 Å². The zero-order valence-corrected chi connectivity index (χ0v) is 9.32. The summed E-state index contributed by atoms with van der Waals surface area (Å²) in [7, 11) is 0. The molecule has 0 fully saturated rings. The second kappa shape index (κ2) is 4.26. The molecule has 84 valence electrons. The van der Waals surface area contributed by atoms with E-state index in [1.807, 2.05) is 0 Å². The van der Waals surface area contributed by atoms with Gasteiger partial charge in [-0.3, -0.25) is 0 Å². The van der Waals surface area contributed by atoms with E-state index in [-0.39, 0.29) is 5.82 Å². The molecule has 1 aromatic heterocycles. The minimum atomic E-state index is -4.75. The Labute approximate surface area is 92.6 Å². The van der Waals surface area contributed by atoms with E-state index >= 15 is 0 Å². The van der Waals surface area contributed by atoms with Gasteiger partial charge in [0, 0.05) is 5.33 Å². The summed E-state index contributed by atoms with van der Waals surface area (Å²) in [5.41, 5.74) is 6.20. The number of aromatic nitrogens is 1. The number of anilines is 1. The molecule has 0 saturated heterocycles. The van der Waals surface area contributed by atoms with Crippen molar-refractivity contribution in [1.29, 1.82) is 0 Å². The molecule has 0 aliphatic carbocycles. The van der Waals surface area contributed by atoms with Crippen LogP contribution < -0.4 is 10.5 Å². The second-order valence-electron chi connectivity index (χ2n) is 2.83. The lowest BCUT2D eigenvalue weighted by atomic mass is 10.2. The van der Waals surface area contributed by atoms with Crippen molar-refractivity contribution in [2.45, 2.75) is 18.6 Å².